The summed E-state index contributed by atoms with van der Waals surface area (Å²) in [4.78, 5) is 32.4. The van der Waals surface area contributed by atoms with E-state index in [1.54, 1.807) is 48.8 Å². The van der Waals surface area contributed by atoms with Gasteiger partial charge in [-0.2, -0.15) is 0 Å². The van der Waals surface area contributed by atoms with Crippen LogP contribution in [-0.4, -0.2) is 23.8 Å². The number of thiazole rings is 1. The molecule has 0 saturated carbocycles. The molecule has 3 aromatic rings. The zero-order valence-electron chi connectivity index (χ0n) is 18.0. The first kappa shape index (κ1) is 23.2. The largest absolute Gasteiger partial charge is 0.489 e. The van der Waals surface area contributed by atoms with Gasteiger partial charge in [-0.1, -0.05) is 41.7 Å². The predicted octanol–water partition coefficient (Wildman–Crippen LogP) is 4.08. The number of carbonyl (C=O) groups is 1. The monoisotopic (exact) mass is 500 g/mol. The minimum absolute atomic E-state index is 0.236. The highest BCUT2D eigenvalue weighted by atomic mass is 35.5. The maximum absolute atomic E-state index is 13.6. The molecule has 0 aliphatic carbocycles. The molecule has 1 atom stereocenters. The Bertz CT molecular complexity index is 1420. The fraction of sp³-hybridized carbons (Fsp3) is 0.208. The minimum atomic E-state index is -0.599. The van der Waals surface area contributed by atoms with Gasteiger partial charge in [-0.25, -0.2) is 9.79 Å². The molecule has 0 spiro atoms. The van der Waals surface area contributed by atoms with Crippen molar-refractivity contribution in [3.05, 3.63) is 94.8 Å². The Kier molecular flexibility index (Phi) is 6.97. The summed E-state index contributed by atoms with van der Waals surface area (Å²) in [6.45, 7) is 7.75. The number of nitrogens with zero attached hydrogens (tertiary/aromatic N) is 2. The number of rotatable bonds is 7. The molecule has 2 aromatic heterocycles. The fourth-order valence-corrected chi connectivity index (χ4v) is 5.60. The summed E-state index contributed by atoms with van der Waals surface area (Å²) in [6, 6.07) is 8.42. The Morgan fingerprint density at radius 3 is 2.88 bits per heavy atom. The molecule has 170 valence electrons. The van der Waals surface area contributed by atoms with Crippen molar-refractivity contribution in [3.63, 3.8) is 0 Å². The summed E-state index contributed by atoms with van der Waals surface area (Å²) in [6.07, 6.45) is 3.38. The molecular formula is C24H21ClN2O4S2. The molecule has 9 heteroatoms. The van der Waals surface area contributed by atoms with E-state index in [2.05, 4.69) is 11.6 Å². The fourth-order valence-electron chi connectivity index (χ4n) is 3.56. The van der Waals surface area contributed by atoms with Gasteiger partial charge in [-0.3, -0.25) is 9.36 Å². The van der Waals surface area contributed by atoms with Crippen molar-refractivity contribution in [1.29, 1.82) is 0 Å². The molecule has 1 aliphatic heterocycles. The van der Waals surface area contributed by atoms with Crippen LogP contribution in [0.1, 0.15) is 30.3 Å². The van der Waals surface area contributed by atoms with Crippen LogP contribution < -0.4 is 19.6 Å². The van der Waals surface area contributed by atoms with Crippen LogP contribution in [0.15, 0.2) is 69.4 Å². The van der Waals surface area contributed by atoms with Crippen molar-refractivity contribution >= 4 is 46.3 Å². The second-order valence-electron chi connectivity index (χ2n) is 7.10. The summed E-state index contributed by atoms with van der Waals surface area (Å²) in [5, 5.41) is 2.44. The van der Waals surface area contributed by atoms with Gasteiger partial charge in [0.15, 0.2) is 4.80 Å². The number of ether oxygens (including phenoxy) is 2. The molecule has 0 amide bonds. The number of halogens is 1. The highest BCUT2D eigenvalue weighted by Gasteiger charge is 2.33. The second-order valence-corrected chi connectivity index (χ2v) is 9.52. The first-order chi connectivity index (χ1) is 15.9. The third-order valence-electron chi connectivity index (χ3n) is 4.94. The molecule has 3 heterocycles. The third kappa shape index (κ3) is 4.59. The molecule has 1 aromatic carbocycles. The zero-order chi connectivity index (χ0) is 23.5. The van der Waals surface area contributed by atoms with Gasteiger partial charge in [0.25, 0.3) is 5.56 Å². The molecule has 33 heavy (non-hydrogen) atoms. The van der Waals surface area contributed by atoms with Crippen LogP contribution in [-0.2, 0) is 9.53 Å². The Balaban J connectivity index is 1.92. The molecular weight excluding hydrogens is 480 g/mol. The van der Waals surface area contributed by atoms with Gasteiger partial charge >= 0.3 is 5.97 Å². The molecule has 0 N–H and O–H groups in total. The lowest BCUT2D eigenvalue weighted by Crippen LogP contribution is -2.39. The molecule has 6 nitrogen and oxygen atoms in total. The summed E-state index contributed by atoms with van der Waals surface area (Å²) in [7, 11) is 0. The Hall–Kier alpha value is -2.94. The van der Waals surface area contributed by atoms with Crippen LogP contribution in [0.5, 0.6) is 5.75 Å². The highest BCUT2D eigenvalue weighted by Crippen LogP contribution is 2.33. The third-order valence-corrected chi connectivity index (χ3v) is 7.09. The van der Waals surface area contributed by atoms with Gasteiger partial charge in [0.2, 0.25) is 0 Å². The zero-order valence-corrected chi connectivity index (χ0v) is 20.4. The van der Waals surface area contributed by atoms with Gasteiger partial charge in [-0.15, -0.1) is 11.3 Å². The van der Waals surface area contributed by atoms with Crippen molar-refractivity contribution in [2.75, 3.05) is 13.2 Å². The van der Waals surface area contributed by atoms with E-state index in [0.717, 1.165) is 4.88 Å². The topological polar surface area (TPSA) is 69.9 Å². The van der Waals surface area contributed by atoms with Crippen LogP contribution >= 0.6 is 34.3 Å². The predicted molar refractivity (Wildman–Crippen MR) is 132 cm³/mol. The Morgan fingerprint density at radius 1 is 1.36 bits per heavy atom. The number of benzene rings is 1. The van der Waals surface area contributed by atoms with Gasteiger partial charge < -0.3 is 9.47 Å². The average Bonchev–Trinajstić information content (AvgIpc) is 3.41. The van der Waals surface area contributed by atoms with Crippen LogP contribution in [0.4, 0.5) is 0 Å². The lowest BCUT2D eigenvalue weighted by atomic mass is 10.0. The smallest absolute Gasteiger partial charge is 0.338 e. The molecule has 0 unspecified atom stereocenters. The van der Waals surface area contributed by atoms with Crippen molar-refractivity contribution in [2.45, 2.75) is 19.9 Å². The van der Waals surface area contributed by atoms with Gasteiger partial charge in [-0.05, 0) is 49.6 Å². The van der Waals surface area contributed by atoms with Crippen LogP contribution in [0.2, 0.25) is 5.02 Å². The van der Waals surface area contributed by atoms with Gasteiger partial charge in [0.05, 0.1) is 22.4 Å². The average molecular weight is 501 g/mol. The van der Waals surface area contributed by atoms with Crippen LogP contribution in [0.3, 0.4) is 0 Å². The normalized spacial score (nSPS) is 15.7. The first-order valence-electron chi connectivity index (χ1n) is 10.2. The number of thiophene rings is 1. The van der Waals surface area contributed by atoms with Crippen molar-refractivity contribution in [3.8, 4) is 5.75 Å². The molecule has 1 aliphatic rings. The molecule has 0 bridgehead atoms. The maximum Gasteiger partial charge on any atom is 0.338 e. The van der Waals surface area contributed by atoms with Gasteiger partial charge in [0, 0.05) is 15.5 Å². The van der Waals surface area contributed by atoms with E-state index in [1.165, 1.54) is 22.7 Å². The Labute approximate surface area is 203 Å². The summed E-state index contributed by atoms with van der Waals surface area (Å²) < 4.78 is 13.0. The van der Waals surface area contributed by atoms with Crippen molar-refractivity contribution in [2.24, 2.45) is 4.99 Å². The number of fused-ring (bicyclic) bond motifs is 1. The quantitative estimate of drug-likeness (QED) is 0.362. The van der Waals surface area contributed by atoms with Crippen LogP contribution in [0.25, 0.3) is 6.08 Å². The number of aromatic nitrogens is 1. The number of hydrogen-bond donors (Lipinski definition) is 0. The standard InChI is InChI=1S/C24H21ClN2O4S2/c1-4-10-31-17-9-8-16(25)12-15(17)13-19-22(28)27-21(18-7-6-11-32-18)20(23(29)30-5-2)14(3)26-24(27)33-19/h4,6-9,11-13,21H,1,5,10H2,2-3H3/b19-13-/t21-/m0/s1. The summed E-state index contributed by atoms with van der Waals surface area (Å²) in [5.41, 5.74) is 1.33. The number of esters is 1. The van der Waals surface area contributed by atoms with E-state index >= 15 is 0 Å². The number of hydrogen-bond acceptors (Lipinski definition) is 7. The molecule has 0 radical (unpaired) electrons. The van der Waals surface area contributed by atoms with E-state index in [9.17, 15) is 9.59 Å². The van der Waals surface area contributed by atoms with Crippen molar-refractivity contribution in [1.82, 2.24) is 4.57 Å². The summed E-state index contributed by atoms with van der Waals surface area (Å²) >= 11 is 8.93. The van der Waals surface area contributed by atoms with E-state index in [1.807, 2.05) is 17.5 Å². The molecule has 0 saturated heterocycles. The Morgan fingerprint density at radius 2 is 2.18 bits per heavy atom. The van der Waals surface area contributed by atoms with Gasteiger partial charge in [0.1, 0.15) is 18.4 Å². The second kappa shape index (κ2) is 9.91. The first-order valence-corrected chi connectivity index (χ1v) is 12.3. The van der Waals surface area contributed by atoms with Crippen molar-refractivity contribution < 1.29 is 14.3 Å². The van der Waals surface area contributed by atoms with E-state index < -0.39 is 12.0 Å². The van der Waals surface area contributed by atoms with E-state index in [4.69, 9.17) is 21.1 Å². The lowest BCUT2D eigenvalue weighted by Gasteiger charge is -2.23. The van der Waals surface area contributed by atoms with E-state index in [0.29, 0.717) is 43.5 Å². The van der Waals surface area contributed by atoms with Crippen LogP contribution in [0, 0.1) is 0 Å². The maximum atomic E-state index is 13.6. The number of carbonyl (C=O) groups excluding carboxylic acids is 1. The SMILES string of the molecule is C=CCOc1ccc(Cl)cc1/C=c1\sc2n(c1=O)[C@@H](c1cccs1)C(C(=O)OCC)=C(C)N=2. The van der Waals surface area contributed by atoms with E-state index in [-0.39, 0.29) is 12.2 Å². The lowest BCUT2D eigenvalue weighted by molar-refractivity contribution is -0.139. The molecule has 4 rings (SSSR count). The minimum Gasteiger partial charge on any atom is -0.489 e. The molecule has 0 fully saturated rings. The summed E-state index contributed by atoms with van der Waals surface area (Å²) in [5.74, 6) is 0.115. The number of allylic oxidation sites excluding steroid dienone is 1. The highest BCUT2D eigenvalue weighted by molar-refractivity contribution is 7.10.